The van der Waals surface area contributed by atoms with E-state index in [0.717, 1.165) is 61.5 Å². The highest BCUT2D eigenvalue weighted by atomic mass is 16.6. The number of non-ortho nitro benzene ring substituents is 1. The fourth-order valence-corrected chi connectivity index (χ4v) is 3.80. The molecule has 1 saturated heterocycles. The topological polar surface area (TPSA) is 95.4 Å². The normalized spacial score (nSPS) is 14.5. The highest BCUT2D eigenvalue weighted by molar-refractivity contribution is 5.79. The standard InChI is InChI=1S/C23H25N5O3/c29-23(17-19-1-5-20(6-2-19)22-9-11-24-25-22)27-15-13-26(14-16-27)12-10-18-3-7-21(8-4-18)28(30)31/h1-9,11H,10,12-17H2,(H,24,25). The Hall–Kier alpha value is -3.52. The highest BCUT2D eigenvalue weighted by Crippen LogP contribution is 2.18. The fraction of sp³-hybridized carbons (Fsp3) is 0.304. The maximum Gasteiger partial charge on any atom is 0.269 e. The van der Waals surface area contributed by atoms with Gasteiger partial charge in [0.05, 0.1) is 17.0 Å². The number of nitrogens with one attached hydrogen (secondary N) is 1. The Balaban J connectivity index is 1.22. The molecule has 0 atom stereocenters. The number of nitro benzene ring substituents is 1. The van der Waals surface area contributed by atoms with Gasteiger partial charge in [0.2, 0.25) is 5.91 Å². The van der Waals surface area contributed by atoms with Gasteiger partial charge in [-0.2, -0.15) is 5.10 Å². The van der Waals surface area contributed by atoms with E-state index in [1.54, 1.807) is 18.3 Å². The molecule has 1 fully saturated rings. The number of rotatable bonds is 7. The van der Waals surface area contributed by atoms with Gasteiger partial charge in [0.1, 0.15) is 0 Å². The van der Waals surface area contributed by atoms with Gasteiger partial charge in [-0.05, 0) is 29.2 Å². The van der Waals surface area contributed by atoms with Crippen molar-refractivity contribution in [3.63, 3.8) is 0 Å². The summed E-state index contributed by atoms with van der Waals surface area (Å²) < 4.78 is 0. The predicted molar refractivity (Wildman–Crippen MR) is 118 cm³/mol. The molecule has 3 aromatic rings. The van der Waals surface area contributed by atoms with Gasteiger partial charge in [0.15, 0.2) is 0 Å². The second-order valence-electron chi connectivity index (χ2n) is 7.74. The van der Waals surface area contributed by atoms with Gasteiger partial charge in [-0.15, -0.1) is 0 Å². The monoisotopic (exact) mass is 419 g/mol. The van der Waals surface area contributed by atoms with Gasteiger partial charge in [-0.3, -0.25) is 24.9 Å². The lowest BCUT2D eigenvalue weighted by Crippen LogP contribution is -2.49. The Morgan fingerprint density at radius 1 is 0.968 bits per heavy atom. The van der Waals surface area contributed by atoms with Crippen LogP contribution in [-0.4, -0.2) is 63.6 Å². The number of aromatic amines is 1. The molecule has 1 aromatic heterocycles. The average molecular weight is 419 g/mol. The Morgan fingerprint density at radius 2 is 1.65 bits per heavy atom. The number of amides is 1. The summed E-state index contributed by atoms with van der Waals surface area (Å²) in [5.41, 5.74) is 4.22. The second kappa shape index (κ2) is 9.53. The zero-order valence-electron chi connectivity index (χ0n) is 17.2. The lowest BCUT2D eigenvalue weighted by Gasteiger charge is -2.34. The van der Waals surface area contributed by atoms with E-state index in [1.807, 2.05) is 47.4 Å². The van der Waals surface area contributed by atoms with Crippen molar-refractivity contribution in [3.8, 4) is 11.3 Å². The van der Waals surface area contributed by atoms with Gasteiger partial charge in [-0.1, -0.05) is 36.4 Å². The quantitative estimate of drug-likeness (QED) is 0.469. The van der Waals surface area contributed by atoms with E-state index in [4.69, 9.17) is 0 Å². The van der Waals surface area contributed by atoms with Crippen LogP contribution in [0.15, 0.2) is 60.8 Å². The summed E-state index contributed by atoms with van der Waals surface area (Å²) in [4.78, 5) is 27.3. The molecular weight excluding hydrogens is 394 g/mol. The fourth-order valence-electron chi connectivity index (χ4n) is 3.80. The van der Waals surface area contributed by atoms with Crippen LogP contribution in [0.2, 0.25) is 0 Å². The van der Waals surface area contributed by atoms with Crippen molar-refractivity contribution in [1.29, 1.82) is 0 Å². The third-order valence-corrected chi connectivity index (χ3v) is 5.71. The Kier molecular flexibility index (Phi) is 6.37. The minimum atomic E-state index is -0.381. The van der Waals surface area contributed by atoms with Crippen molar-refractivity contribution in [2.45, 2.75) is 12.8 Å². The molecule has 8 nitrogen and oxygen atoms in total. The van der Waals surface area contributed by atoms with Crippen molar-refractivity contribution in [3.05, 3.63) is 82.0 Å². The predicted octanol–water partition coefficient (Wildman–Crippen LogP) is 2.91. The molecule has 31 heavy (non-hydrogen) atoms. The molecule has 0 spiro atoms. The molecule has 1 N–H and O–H groups in total. The molecule has 0 saturated carbocycles. The van der Waals surface area contributed by atoms with Crippen LogP contribution in [0.4, 0.5) is 5.69 Å². The SMILES string of the molecule is O=C(Cc1ccc(-c2ccn[nH]2)cc1)N1CCN(CCc2ccc([N+](=O)[O-])cc2)CC1. The summed E-state index contributed by atoms with van der Waals surface area (Å²) in [6.07, 6.45) is 2.97. The number of nitro groups is 1. The number of H-pyrrole nitrogens is 1. The average Bonchev–Trinajstić information content (AvgIpc) is 3.34. The maximum absolute atomic E-state index is 12.7. The van der Waals surface area contributed by atoms with Crippen molar-refractivity contribution < 1.29 is 9.72 Å². The number of hydrogen-bond donors (Lipinski definition) is 1. The van der Waals surface area contributed by atoms with E-state index in [0.29, 0.717) is 6.42 Å². The molecule has 2 heterocycles. The molecule has 1 amide bonds. The van der Waals surface area contributed by atoms with Crippen LogP contribution in [-0.2, 0) is 17.6 Å². The molecule has 1 aliphatic rings. The Labute approximate surface area is 180 Å². The van der Waals surface area contributed by atoms with Crippen LogP contribution < -0.4 is 0 Å². The molecule has 8 heteroatoms. The van der Waals surface area contributed by atoms with Crippen LogP contribution in [0.3, 0.4) is 0 Å². The molecule has 1 aliphatic heterocycles. The molecule has 0 bridgehead atoms. The minimum absolute atomic E-state index is 0.117. The maximum atomic E-state index is 12.7. The number of benzene rings is 2. The first-order valence-electron chi connectivity index (χ1n) is 10.4. The summed E-state index contributed by atoms with van der Waals surface area (Å²) in [5.74, 6) is 0.157. The Bertz CT molecular complexity index is 1010. The van der Waals surface area contributed by atoms with Gasteiger partial charge in [-0.25, -0.2) is 0 Å². The number of piperazine rings is 1. The van der Waals surface area contributed by atoms with E-state index in [1.165, 1.54) is 0 Å². The Morgan fingerprint density at radius 3 is 2.26 bits per heavy atom. The number of hydrogen-bond acceptors (Lipinski definition) is 5. The van der Waals surface area contributed by atoms with Crippen molar-refractivity contribution >= 4 is 11.6 Å². The van der Waals surface area contributed by atoms with Crippen LogP contribution in [0.25, 0.3) is 11.3 Å². The molecule has 160 valence electrons. The zero-order chi connectivity index (χ0) is 21.6. The smallest absolute Gasteiger partial charge is 0.269 e. The largest absolute Gasteiger partial charge is 0.340 e. The van der Waals surface area contributed by atoms with Crippen LogP contribution in [0, 0.1) is 10.1 Å². The summed E-state index contributed by atoms with van der Waals surface area (Å²) in [7, 11) is 0. The molecule has 0 aliphatic carbocycles. The lowest BCUT2D eigenvalue weighted by molar-refractivity contribution is -0.384. The number of carbonyl (C=O) groups excluding carboxylic acids is 1. The second-order valence-corrected chi connectivity index (χ2v) is 7.74. The van der Waals surface area contributed by atoms with Crippen LogP contribution in [0.1, 0.15) is 11.1 Å². The van der Waals surface area contributed by atoms with Gasteiger partial charge in [0, 0.05) is 51.1 Å². The molecule has 4 rings (SSSR count). The first kappa shape index (κ1) is 20.7. The van der Waals surface area contributed by atoms with E-state index in [2.05, 4.69) is 15.1 Å². The van der Waals surface area contributed by atoms with Crippen LogP contribution in [0.5, 0.6) is 0 Å². The summed E-state index contributed by atoms with van der Waals surface area (Å²) in [6, 6.07) is 16.6. The van der Waals surface area contributed by atoms with E-state index >= 15 is 0 Å². The van der Waals surface area contributed by atoms with Crippen molar-refractivity contribution in [1.82, 2.24) is 20.0 Å². The molecule has 0 unspecified atom stereocenters. The molecule has 0 radical (unpaired) electrons. The van der Waals surface area contributed by atoms with E-state index in [-0.39, 0.29) is 16.5 Å². The van der Waals surface area contributed by atoms with Gasteiger partial charge < -0.3 is 4.90 Å². The van der Waals surface area contributed by atoms with Crippen molar-refractivity contribution in [2.75, 3.05) is 32.7 Å². The highest BCUT2D eigenvalue weighted by Gasteiger charge is 2.21. The zero-order valence-corrected chi connectivity index (χ0v) is 17.2. The van der Waals surface area contributed by atoms with E-state index < -0.39 is 0 Å². The van der Waals surface area contributed by atoms with Gasteiger partial charge in [0.25, 0.3) is 5.69 Å². The number of nitrogens with zero attached hydrogens (tertiary/aromatic N) is 4. The third-order valence-electron chi connectivity index (χ3n) is 5.71. The number of aromatic nitrogens is 2. The lowest BCUT2D eigenvalue weighted by atomic mass is 10.1. The first-order chi connectivity index (χ1) is 15.1. The minimum Gasteiger partial charge on any atom is -0.340 e. The molecule has 2 aromatic carbocycles. The van der Waals surface area contributed by atoms with Crippen molar-refractivity contribution in [2.24, 2.45) is 0 Å². The first-order valence-corrected chi connectivity index (χ1v) is 10.4. The van der Waals surface area contributed by atoms with E-state index in [9.17, 15) is 14.9 Å². The third kappa shape index (κ3) is 5.35. The summed E-state index contributed by atoms with van der Waals surface area (Å²) >= 11 is 0. The van der Waals surface area contributed by atoms with Crippen LogP contribution >= 0.6 is 0 Å². The number of carbonyl (C=O) groups is 1. The van der Waals surface area contributed by atoms with Gasteiger partial charge >= 0.3 is 0 Å². The summed E-state index contributed by atoms with van der Waals surface area (Å²) in [6.45, 7) is 4.03. The molecular formula is C23H25N5O3. The summed E-state index contributed by atoms with van der Waals surface area (Å²) in [5, 5.41) is 17.6.